The van der Waals surface area contributed by atoms with Crippen LogP contribution in [0.4, 0.5) is 5.69 Å². The molecule has 77 heavy (non-hydrogen) atoms. The van der Waals surface area contributed by atoms with Gasteiger partial charge in [-0.1, -0.05) is 84.9 Å². The molecule has 17 nitrogen and oxygen atoms in total. The van der Waals surface area contributed by atoms with E-state index in [1.807, 2.05) is 38.1 Å². The summed E-state index contributed by atoms with van der Waals surface area (Å²) in [7, 11) is 0. The van der Waals surface area contributed by atoms with Crippen LogP contribution < -0.4 is 20.8 Å². The van der Waals surface area contributed by atoms with Gasteiger partial charge >= 0.3 is 11.8 Å². The number of phenols is 2. The predicted molar refractivity (Wildman–Crippen MR) is 292 cm³/mol. The van der Waals surface area contributed by atoms with Crippen molar-refractivity contribution in [3.8, 4) is 17.2 Å². The maximum Gasteiger partial charge on any atom is 0.318 e. The predicted octanol–water partition coefficient (Wildman–Crippen LogP) is 7.44. The molecule has 3 aromatic carbocycles. The first-order valence-corrected chi connectivity index (χ1v) is 27.4. The lowest BCUT2D eigenvalue weighted by Gasteiger charge is -2.39. The number of nitrogens with zero attached hydrogens (tertiary/aromatic N) is 4. The summed E-state index contributed by atoms with van der Waals surface area (Å²) < 4.78 is 19.2. The molecule has 7 heterocycles. The molecule has 5 bridgehead atoms. The van der Waals surface area contributed by atoms with Crippen LogP contribution >= 0.6 is 0 Å². The number of aliphatic hydroxyl groups excluding tert-OH is 2. The standard InChI is InChI=1S/C60H76N6O11/c1-12-38-21-27-75-59(11)55(71)45-43-44(51(69)36(9)54(45)77-59)52(70)48(47-46(43)63-60(64-47)22-25-65(26-23-60)28-30(2)3)62-56(72)32(5)17-15-16-31(4)49(67)34(7)50(68)35(8)53(33(38)6)76-58(74)37(10)57(73)66-24-20-42-40(29-66)39-18-13-14-19-41(39)61-42/h13-19,21,27,30-31,33-35,37-38,49-50,53,61,63,67-70H,12,20,22-26,28-29H2,1-11H3/b16-15+,27-21+,32-17-,62-48?/t31-,33+,34+,35+,37?,38-,49-,50+,53+,59-/m0/s1. The van der Waals surface area contributed by atoms with Crippen molar-refractivity contribution in [2.75, 3.05) is 31.5 Å². The summed E-state index contributed by atoms with van der Waals surface area (Å²) in [5, 5.41) is 52.9. The highest BCUT2D eigenvalue weighted by Gasteiger charge is 2.51. The first-order valence-electron chi connectivity index (χ1n) is 27.4. The first kappa shape index (κ1) is 55.2. The monoisotopic (exact) mass is 1060 g/mol. The number of hydrogen-bond donors (Lipinski definition) is 6. The zero-order valence-electron chi connectivity index (χ0n) is 46.3. The Bertz CT molecular complexity index is 3240. The minimum absolute atomic E-state index is 0.0547. The molecule has 6 aliphatic heterocycles. The number of piperidine rings is 1. The number of carbonyl (C=O) groups excluding carboxylic acids is 4. The normalized spacial score (nSPS) is 29.7. The van der Waals surface area contributed by atoms with Gasteiger partial charge in [-0.25, -0.2) is 4.99 Å². The molecular formula is C60H76N6O11. The van der Waals surface area contributed by atoms with E-state index in [1.54, 1.807) is 70.7 Å². The zero-order valence-corrected chi connectivity index (χ0v) is 46.3. The number of hydrogen-bond acceptors (Lipinski definition) is 14. The Morgan fingerprint density at radius 3 is 2.34 bits per heavy atom. The molecule has 1 fully saturated rings. The topological polar surface area (TPSA) is 236 Å². The Balaban J connectivity index is 1.08. The van der Waals surface area contributed by atoms with Crippen molar-refractivity contribution in [2.45, 2.75) is 138 Å². The molecule has 10 atom stereocenters. The molecule has 1 aromatic heterocycles. The number of aromatic amines is 1. The van der Waals surface area contributed by atoms with E-state index in [0.717, 1.165) is 28.7 Å². The van der Waals surface area contributed by atoms with Crippen LogP contribution in [0.25, 0.3) is 21.7 Å². The van der Waals surface area contributed by atoms with Gasteiger partial charge in [0.05, 0.1) is 35.1 Å². The molecular weight excluding hydrogens is 981 g/mol. The molecule has 1 unspecified atom stereocenters. The minimum Gasteiger partial charge on any atom is -0.507 e. The highest BCUT2D eigenvalue weighted by Crippen LogP contribution is 2.51. The summed E-state index contributed by atoms with van der Waals surface area (Å²) in [4.78, 5) is 74.9. The number of amides is 2. The molecule has 2 amide bonds. The van der Waals surface area contributed by atoms with E-state index >= 15 is 4.79 Å². The van der Waals surface area contributed by atoms with Gasteiger partial charge in [0, 0.05) is 115 Å². The summed E-state index contributed by atoms with van der Waals surface area (Å²) >= 11 is 0. The number of likely N-dealkylation sites (tertiary alicyclic amines) is 1. The van der Waals surface area contributed by atoms with Gasteiger partial charge in [-0.15, -0.1) is 0 Å². The van der Waals surface area contributed by atoms with E-state index in [0.29, 0.717) is 63.5 Å². The number of fused-ring (bicyclic) bond motifs is 16. The Hall–Kier alpha value is -6.56. The largest absolute Gasteiger partial charge is 0.507 e. The number of ether oxygens (including phenoxy) is 3. The van der Waals surface area contributed by atoms with E-state index in [1.165, 1.54) is 13.2 Å². The fraction of sp³-hybridized carbons (Fsp3) is 0.533. The Morgan fingerprint density at radius 2 is 1.64 bits per heavy atom. The summed E-state index contributed by atoms with van der Waals surface area (Å²) in [5.41, 5.74) is 2.92. The lowest BCUT2D eigenvalue weighted by molar-refractivity contribution is -0.169. The van der Waals surface area contributed by atoms with E-state index in [9.17, 15) is 34.8 Å². The van der Waals surface area contributed by atoms with Crippen LogP contribution in [0.2, 0.25) is 0 Å². The summed E-state index contributed by atoms with van der Waals surface area (Å²) in [6, 6.07) is 7.93. The molecule has 0 aliphatic carbocycles. The summed E-state index contributed by atoms with van der Waals surface area (Å²) in [5.74, 6) is -8.93. The Morgan fingerprint density at radius 1 is 0.922 bits per heavy atom. The summed E-state index contributed by atoms with van der Waals surface area (Å²) in [6.07, 6.45) is 6.97. The maximum atomic E-state index is 15.1. The second-order valence-electron chi connectivity index (χ2n) is 23.0. The van der Waals surface area contributed by atoms with Crippen LogP contribution in [0, 0.1) is 48.3 Å². The number of aromatic nitrogens is 1. The third kappa shape index (κ3) is 10.0. The summed E-state index contributed by atoms with van der Waals surface area (Å²) in [6.45, 7) is 22.7. The van der Waals surface area contributed by atoms with E-state index in [4.69, 9.17) is 19.2 Å². The van der Waals surface area contributed by atoms with E-state index < -0.39 is 88.7 Å². The van der Waals surface area contributed by atoms with Crippen molar-refractivity contribution >= 4 is 50.9 Å². The smallest absolute Gasteiger partial charge is 0.318 e. The van der Waals surface area contributed by atoms with Crippen molar-refractivity contribution in [3.05, 3.63) is 93.5 Å². The fourth-order valence-electron chi connectivity index (χ4n) is 12.3. The quantitative estimate of drug-likeness (QED) is 0.0627. The number of benzene rings is 3. The Kier molecular flexibility index (Phi) is 15.3. The number of aliphatic hydroxyl groups is 2. The third-order valence-corrected chi connectivity index (χ3v) is 17.2. The van der Waals surface area contributed by atoms with Gasteiger partial charge in [0.25, 0.3) is 11.7 Å². The van der Waals surface area contributed by atoms with Crippen molar-refractivity contribution in [1.82, 2.24) is 14.8 Å². The van der Waals surface area contributed by atoms with E-state index in [-0.39, 0.29) is 55.6 Å². The minimum atomic E-state index is -1.97. The number of phenolic OH excluding ortho intramolecular Hbond substituents is 2. The van der Waals surface area contributed by atoms with Crippen molar-refractivity contribution in [2.24, 2.45) is 51.4 Å². The van der Waals surface area contributed by atoms with Gasteiger partial charge < -0.3 is 54.7 Å². The maximum absolute atomic E-state index is 15.1. The second kappa shape index (κ2) is 21.3. The van der Waals surface area contributed by atoms with Crippen LogP contribution in [0.5, 0.6) is 17.2 Å². The van der Waals surface area contributed by atoms with Crippen molar-refractivity contribution < 1.29 is 53.8 Å². The molecule has 6 N–H and O–H groups in total. The molecule has 412 valence electrons. The van der Waals surface area contributed by atoms with Gasteiger partial charge in [0.15, 0.2) is 5.75 Å². The fourth-order valence-corrected chi connectivity index (χ4v) is 12.3. The Labute approximate surface area is 449 Å². The van der Waals surface area contributed by atoms with Gasteiger partial charge in [0.2, 0.25) is 5.91 Å². The second-order valence-corrected chi connectivity index (χ2v) is 23.0. The van der Waals surface area contributed by atoms with Crippen LogP contribution in [0.3, 0.4) is 0 Å². The lowest BCUT2D eigenvalue weighted by atomic mass is 9.76. The number of rotatable bonds is 6. The zero-order chi connectivity index (χ0) is 55.6. The number of para-hydroxylation sites is 1. The van der Waals surface area contributed by atoms with Crippen LogP contribution in [0.1, 0.15) is 116 Å². The average molecular weight is 1060 g/mol. The number of allylic oxidation sites excluding steroid dienone is 3. The molecule has 1 saturated heterocycles. The van der Waals surface area contributed by atoms with Crippen LogP contribution in [-0.4, -0.2) is 115 Å². The van der Waals surface area contributed by atoms with Gasteiger partial charge in [-0.2, -0.15) is 0 Å². The lowest BCUT2D eigenvalue weighted by Crippen LogP contribution is -2.47. The average Bonchev–Trinajstić information content (AvgIpc) is 4.30. The number of H-pyrrole nitrogens is 1. The number of carbonyl (C=O) groups is 4. The molecule has 1 spiro atoms. The van der Waals surface area contributed by atoms with Gasteiger partial charge in [0.1, 0.15) is 39.9 Å². The molecule has 10 rings (SSSR count). The van der Waals surface area contributed by atoms with Crippen molar-refractivity contribution in [1.29, 1.82) is 0 Å². The SMILES string of the molecule is CC[C@H]1/C=C/O[C@@]2(C)Oc3c(C)c(O)c4c(O)c(c5c(c4c3C2=O)NC2(CCN(CC(C)C)CC2)N=5)=NC(=O)/C(C)=C\C=C\[C@H](C)[C@H](O)[C@@H](C)[C@@H](O)[C@@H](C)[C@H](OC(=O)C(C)C(=O)N2CCc3[nH]c4ccccc4c3C2)[C@@H]1C. The molecule has 4 aromatic rings. The van der Waals surface area contributed by atoms with Gasteiger partial charge in [-0.05, 0) is 57.1 Å². The molecule has 6 aliphatic rings. The van der Waals surface area contributed by atoms with Gasteiger partial charge in [-0.3, -0.25) is 24.2 Å². The number of aromatic hydroxyl groups is 2. The number of anilines is 1. The first-order chi connectivity index (χ1) is 36.5. The number of nitrogens with one attached hydrogen (secondary N) is 2. The highest BCUT2D eigenvalue weighted by molar-refractivity contribution is 6.21. The number of Topliss-reactive ketones (excluding diaryl/α,β-unsaturated/α-hetero) is 1. The van der Waals surface area contributed by atoms with Crippen LogP contribution in [-0.2, 0) is 36.8 Å². The van der Waals surface area contributed by atoms with Crippen LogP contribution in [0.15, 0.2) is 70.4 Å². The molecule has 17 heteroatoms. The molecule has 0 saturated carbocycles. The highest BCUT2D eigenvalue weighted by atomic mass is 16.7. The van der Waals surface area contributed by atoms with Crippen molar-refractivity contribution in [3.63, 3.8) is 0 Å². The number of esters is 1. The molecule has 0 radical (unpaired) electrons. The third-order valence-electron chi connectivity index (χ3n) is 17.2. The van der Waals surface area contributed by atoms with E-state index in [2.05, 4.69) is 34.0 Å². The number of ketones is 1.